The molecule has 0 radical (unpaired) electrons. The number of alkyl halides is 2. The number of aliphatic hydroxyl groups is 2. The fourth-order valence-corrected chi connectivity index (χ4v) is 7.76. The molecule has 7 rings (SSSR count). The molecule has 2 aromatic heterocycles. The first-order valence-corrected chi connectivity index (χ1v) is 19.4. The third kappa shape index (κ3) is 8.62. The predicted octanol–water partition coefficient (Wildman–Crippen LogP) is 1.20. The van der Waals surface area contributed by atoms with Crippen molar-refractivity contribution in [1.82, 2.24) is 39.0 Å². The number of hydrogen-bond acceptors (Lipinski definition) is 13. The number of anilines is 1. The van der Waals surface area contributed by atoms with Crippen molar-refractivity contribution < 1.29 is 43.5 Å². The summed E-state index contributed by atoms with van der Waals surface area (Å²) in [6.45, 7) is 7.44. The number of piperazine rings is 1. The largest absolute Gasteiger partial charge is 0.508 e. The van der Waals surface area contributed by atoms with Crippen molar-refractivity contribution in [2.45, 2.75) is 63.5 Å². The minimum absolute atomic E-state index is 0.0270. The number of piperidine rings is 1. The zero-order valence-electron chi connectivity index (χ0n) is 32.5. The molecule has 0 unspecified atom stereocenters. The highest BCUT2D eigenvalue weighted by molar-refractivity contribution is 5.91. The zero-order valence-corrected chi connectivity index (χ0v) is 32.5. The second-order valence-electron chi connectivity index (χ2n) is 15.5. The molecule has 0 spiro atoms. The SMILES string of the molecule is CC(C)c1cc(-c2n[nH]c(=O)n2-c2ccc(CN3CCN(CC(=O)N4CCC(C(=O)Nc5ccn([C@@H]6O[C@H](CO)[C@@H](O)C6(F)F)c(=O)n5)CC4)CC3)cc2)c(O)cc1O. The standard InChI is InChI=1S/C39H47F2N9O9/c1-22(2)26-17-27(29(53)18-28(26)52)34-44-45-38(58)50(34)25-5-3-23(4-6-25)19-46-13-15-47(16-14-46)20-32(54)48-10-7-24(8-11-48)35(56)42-31-9-12-49(37(57)43-31)36-39(40,41)33(55)30(21-51)59-36/h3-6,9,12,17-18,22,24,30,33,36,51-53,55H,7-8,10-11,13-16,19-21H2,1-2H3,(H,45,58)(H,42,43,56,57)/t30-,33-,36-/m1/s1. The predicted molar refractivity (Wildman–Crippen MR) is 207 cm³/mol. The van der Waals surface area contributed by atoms with E-state index in [2.05, 4.69) is 30.3 Å². The number of nitrogens with one attached hydrogen (secondary N) is 2. The summed E-state index contributed by atoms with van der Waals surface area (Å²) in [5, 5.41) is 49.0. The van der Waals surface area contributed by atoms with E-state index in [9.17, 15) is 48.4 Å². The number of phenolic OH excluding ortho intramolecular Hbond substituents is 2. The lowest BCUT2D eigenvalue weighted by Crippen LogP contribution is -2.51. The second kappa shape index (κ2) is 17.0. The summed E-state index contributed by atoms with van der Waals surface area (Å²) < 4.78 is 35.9. The van der Waals surface area contributed by atoms with Crippen LogP contribution in [-0.2, 0) is 20.9 Å². The van der Waals surface area contributed by atoms with Gasteiger partial charge in [-0.1, -0.05) is 26.0 Å². The zero-order chi connectivity index (χ0) is 42.2. The van der Waals surface area contributed by atoms with E-state index in [1.54, 1.807) is 11.0 Å². The van der Waals surface area contributed by atoms with Crippen molar-refractivity contribution in [1.29, 1.82) is 0 Å². The summed E-state index contributed by atoms with van der Waals surface area (Å²) in [5.41, 5.74) is 0.903. The Morgan fingerprint density at radius 1 is 0.983 bits per heavy atom. The molecule has 5 heterocycles. The molecular formula is C39H47F2N9O9. The highest BCUT2D eigenvalue weighted by atomic mass is 19.3. The van der Waals surface area contributed by atoms with Crippen LogP contribution >= 0.6 is 0 Å². The quantitative estimate of drug-likeness (QED) is 0.125. The molecule has 2 amide bonds. The first-order valence-electron chi connectivity index (χ1n) is 19.4. The minimum Gasteiger partial charge on any atom is -0.508 e. The topological polar surface area (TPSA) is 232 Å². The second-order valence-corrected chi connectivity index (χ2v) is 15.5. The van der Waals surface area contributed by atoms with Crippen molar-refractivity contribution in [3.05, 3.63) is 80.8 Å². The highest BCUT2D eigenvalue weighted by Gasteiger charge is 2.59. The van der Waals surface area contributed by atoms with Crippen LogP contribution in [0, 0.1) is 5.92 Å². The third-order valence-corrected chi connectivity index (χ3v) is 11.2. The fourth-order valence-electron chi connectivity index (χ4n) is 7.76. The van der Waals surface area contributed by atoms with Crippen LogP contribution in [-0.4, -0.2) is 142 Å². The first kappa shape index (κ1) is 41.6. The van der Waals surface area contributed by atoms with Crippen LogP contribution in [0.15, 0.2) is 58.3 Å². The number of aromatic amines is 1. The highest BCUT2D eigenvalue weighted by Crippen LogP contribution is 2.42. The van der Waals surface area contributed by atoms with Crippen LogP contribution in [0.3, 0.4) is 0 Å². The average Bonchev–Trinajstić information content (AvgIpc) is 3.70. The number of rotatable bonds is 11. The van der Waals surface area contributed by atoms with Gasteiger partial charge in [-0.2, -0.15) is 18.9 Å². The Labute approximate surface area is 336 Å². The lowest BCUT2D eigenvalue weighted by atomic mass is 9.96. The van der Waals surface area contributed by atoms with Crippen LogP contribution in [0.2, 0.25) is 0 Å². The maximum Gasteiger partial charge on any atom is 0.351 e. The monoisotopic (exact) mass is 823 g/mol. The summed E-state index contributed by atoms with van der Waals surface area (Å²) in [7, 11) is 0. The molecule has 0 aliphatic carbocycles. The molecule has 3 fully saturated rings. The molecule has 3 aliphatic heterocycles. The van der Waals surface area contributed by atoms with E-state index in [-0.39, 0.29) is 41.5 Å². The fraction of sp³-hybridized carbons (Fsp3) is 0.487. The lowest BCUT2D eigenvalue weighted by molar-refractivity contribution is -0.141. The molecule has 0 saturated carbocycles. The van der Waals surface area contributed by atoms with Crippen molar-refractivity contribution in [2.24, 2.45) is 5.92 Å². The number of carbonyl (C=O) groups is 2. The Balaban J connectivity index is 0.860. The summed E-state index contributed by atoms with van der Waals surface area (Å²) in [6, 6.07) is 11.5. The van der Waals surface area contributed by atoms with Crippen LogP contribution in [0.5, 0.6) is 11.5 Å². The lowest BCUT2D eigenvalue weighted by Gasteiger charge is -2.37. The van der Waals surface area contributed by atoms with Crippen molar-refractivity contribution >= 4 is 17.6 Å². The number of likely N-dealkylation sites (tertiary alicyclic amines) is 1. The molecule has 6 N–H and O–H groups in total. The van der Waals surface area contributed by atoms with Gasteiger partial charge in [0, 0.05) is 64.0 Å². The number of halogens is 2. The van der Waals surface area contributed by atoms with Gasteiger partial charge in [0.25, 0.3) is 0 Å². The van der Waals surface area contributed by atoms with Gasteiger partial charge >= 0.3 is 17.3 Å². The summed E-state index contributed by atoms with van der Waals surface area (Å²) in [4.78, 5) is 61.4. The molecule has 20 heteroatoms. The van der Waals surface area contributed by atoms with E-state index in [1.807, 2.05) is 38.1 Å². The van der Waals surface area contributed by atoms with E-state index in [0.29, 0.717) is 66.9 Å². The van der Waals surface area contributed by atoms with Crippen LogP contribution in [0.1, 0.15) is 50.0 Å². The molecule has 18 nitrogen and oxygen atoms in total. The molecular weight excluding hydrogens is 776 g/mol. The third-order valence-electron chi connectivity index (χ3n) is 11.2. The number of H-pyrrole nitrogens is 1. The average molecular weight is 824 g/mol. The van der Waals surface area contributed by atoms with Crippen molar-refractivity contribution in [3.8, 4) is 28.6 Å². The number of ether oxygens (including phenoxy) is 1. The van der Waals surface area contributed by atoms with E-state index >= 15 is 0 Å². The number of benzene rings is 2. The number of amides is 2. The van der Waals surface area contributed by atoms with Gasteiger partial charge in [-0.25, -0.2) is 19.3 Å². The Kier molecular flexibility index (Phi) is 12.0. The number of aromatic hydroxyl groups is 2. The molecule has 3 aliphatic rings. The normalized spacial score (nSPS) is 21.6. The van der Waals surface area contributed by atoms with E-state index in [1.165, 1.54) is 16.7 Å². The van der Waals surface area contributed by atoms with E-state index < -0.39 is 54.2 Å². The molecule has 2 aromatic carbocycles. The molecule has 3 atom stereocenters. The number of aromatic nitrogens is 5. The summed E-state index contributed by atoms with van der Waals surface area (Å²) in [6.07, 6.45) is -4.32. The summed E-state index contributed by atoms with van der Waals surface area (Å²) >= 11 is 0. The van der Waals surface area contributed by atoms with Gasteiger partial charge in [-0.05, 0) is 54.2 Å². The molecule has 316 valence electrons. The smallest absolute Gasteiger partial charge is 0.351 e. The Morgan fingerprint density at radius 2 is 1.66 bits per heavy atom. The van der Waals surface area contributed by atoms with Gasteiger partial charge in [0.1, 0.15) is 23.4 Å². The number of nitrogens with zero attached hydrogens (tertiary/aromatic N) is 7. The van der Waals surface area contributed by atoms with Gasteiger partial charge in [-0.3, -0.25) is 24.0 Å². The van der Waals surface area contributed by atoms with E-state index in [0.717, 1.165) is 24.8 Å². The number of hydrogen-bond donors (Lipinski definition) is 6. The molecule has 4 aromatic rings. The number of carbonyl (C=O) groups excluding carboxylic acids is 2. The van der Waals surface area contributed by atoms with Gasteiger partial charge in [0.05, 0.1) is 24.4 Å². The van der Waals surface area contributed by atoms with Crippen molar-refractivity contribution in [2.75, 3.05) is 57.7 Å². The molecule has 0 bridgehead atoms. The van der Waals surface area contributed by atoms with Gasteiger partial charge in [-0.15, -0.1) is 0 Å². The van der Waals surface area contributed by atoms with Crippen LogP contribution < -0.4 is 16.7 Å². The van der Waals surface area contributed by atoms with Crippen molar-refractivity contribution in [3.63, 3.8) is 0 Å². The van der Waals surface area contributed by atoms with Gasteiger partial charge < -0.3 is 35.4 Å². The first-order chi connectivity index (χ1) is 28.1. The Hall–Kier alpha value is -5.54. The van der Waals surface area contributed by atoms with Crippen LogP contribution in [0.4, 0.5) is 14.6 Å². The Bertz CT molecular complexity index is 2280. The number of aliphatic hydroxyl groups excluding tert-OH is 2. The van der Waals surface area contributed by atoms with E-state index in [4.69, 9.17) is 4.74 Å². The Morgan fingerprint density at radius 3 is 2.29 bits per heavy atom. The molecule has 59 heavy (non-hydrogen) atoms. The maximum absolute atomic E-state index is 14.5. The van der Waals surface area contributed by atoms with Crippen LogP contribution in [0.25, 0.3) is 17.1 Å². The van der Waals surface area contributed by atoms with Gasteiger partial charge in [0.2, 0.25) is 18.0 Å². The van der Waals surface area contributed by atoms with Gasteiger partial charge in [0.15, 0.2) is 11.9 Å². The molecule has 3 saturated heterocycles. The minimum atomic E-state index is -3.86. The number of phenols is 2. The maximum atomic E-state index is 14.5. The summed E-state index contributed by atoms with van der Waals surface area (Å²) in [5.74, 6) is -4.96.